The lowest BCUT2D eigenvalue weighted by atomic mass is 9.96. The van der Waals surface area contributed by atoms with Gasteiger partial charge in [-0.3, -0.25) is 4.79 Å². The Balaban J connectivity index is 1.54. The van der Waals surface area contributed by atoms with Crippen molar-refractivity contribution >= 4 is 15.9 Å². The van der Waals surface area contributed by atoms with Crippen molar-refractivity contribution in [1.29, 1.82) is 0 Å². The normalized spacial score (nSPS) is 19.3. The Labute approximate surface area is 150 Å². The first-order chi connectivity index (χ1) is 12.0. The van der Waals surface area contributed by atoms with Gasteiger partial charge >= 0.3 is 0 Å². The van der Waals surface area contributed by atoms with Gasteiger partial charge in [0.2, 0.25) is 15.9 Å². The molecule has 0 bridgehead atoms. The SMILES string of the molecule is O=C(CCc1ccc(S(=O)(=O)NC2CCCCC2)cc1)N1CCCC1. The predicted molar refractivity (Wildman–Crippen MR) is 97.8 cm³/mol. The molecule has 0 atom stereocenters. The Bertz CT molecular complexity index is 673. The van der Waals surface area contributed by atoms with Crippen LogP contribution in [0.25, 0.3) is 0 Å². The summed E-state index contributed by atoms with van der Waals surface area (Å²) < 4.78 is 27.8. The molecule has 1 aliphatic carbocycles. The Kier molecular flexibility index (Phi) is 6.12. The van der Waals surface area contributed by atoms with Crippen molar-refractivity contribution < 1.29 is 13.2 Å². The zero-order valence-electron chi connectivity index (χ0n) is 14.7. The first-order valence-electron chi connectivity index (χ1n) is 9.44. The minimum Gasteiger partial charge on any atom is -0.343 e. The molecule has 0 spiro atoms. The van der Waals surface area contributed by atoms with Crippen LogP contribution in [-0.2, 0) is 21.2 Å². The molecule has 1 heterocycles. The molecule has 2 fully saturated rings. The molecule has 0 radical (unpaired) electrons. The number of aryl methyl sites for hydroxylation is 1. The standard InChI is InChI=1S/C19H28N2O3S/c22-19(21-14-4-5-15-21)13-10-16-8-11-18(12-9-16)25(23,24)20-17-6-2-1-3-7-17/h8-9,11-12,17,20H,1-7,10,13-15H2. The van der Waals surface area contributed by atoms with E-state index < -0.39 is 10.0 Å². The third-order valence-electron chi connectivity index (χ3n) is 5.25. The molecule has 2 aliphatic rings. The summed E-state index contributed by atoms with van der Waals surface area (Å²) in [5.41, 5.74) is 1.00. The van der Waals surface area contributed by atoms with Gasteiger partial charge < -0.3 is 4.90 Å². The van der Waals surface area contributed by atoms with E-state index in [1.807, 2.05) is 17.0 Å². The van der Waals surface area contributed by atoms with Crippen molar-refractivity contribution in [2.45, 2.75) is 68.7 Å². The molecule has 138 valence electrons. The van der Waals surface area contributed by atoms with E-state index in [9.17, 15) is 13.2 Å². The van der Waals surface area contributed by atoms with Crippen LogP contribution in [-0.4, -0.2) is 38.4 Å². The zero-order chi connectivity index (χ0) is 17.7. The number of benzene rings is 1. The summed E-state index contributed by atoms with van der Waals surface area (Å²) >= 11 is 0. The van der Waals surface area contributed by atoms with E-state index in [4.69, 9.17) is 0 Å². The molecule has 1 N–H and O–H groups in total. The molecule has 1 aliphatic heterocycles. The van der Waals surface area contributed by atoms with Crippen LogP contribution in [0.5, 0.6) is 0 Å². The molecule has 6 heteroatoms. The van der Waals surface area contributed by atoms with Gasteiger partial charge in [-0.1, -0.05) is 31.4 Å². The molecule has 25 heavy (non-hydrogen) atoms. The van der Waals surface area contributed by atoms with Crippen LogP contribution in [0.3, 0.4) is 0 Å². The van der Waals surface area contributed by atoms with Crippen molar-refractivity contribution in [3.05, 3.63) is 29.8 Å². The van der Waals surface area contributed by atoms with E-state index in [1.165, 1.54) is 6.42 Å². The second-order valence-corrected chi connectivity index (χ2v) is 8.90. The lowest BCUT2D eigenvalue weighted by Gasteiger charge is -2.22. The maximum atomic E-state index is 12.5. The van der Waals surface area contributed by atoms with E-state index in [2.05, 4.69) is 4.72 Å². The molecule has 1 aromatic carbocycles. The van der Waals surface area contributed by atoms with E-state index in [0.717, 1.165) is 57.2 Å². The minimum atomic E-state index is -3.45. The number of hydrogen-bond acceptors (Lipinski definition) is 3. The number of nitrogens with zero attached hydrogens (tertiary/aromatic N) is 1. The predicted octanol–water partition coefficient (Wildman–Crippen LogP) is 2.85. The second-order valence-electron chi connectivity index (χ2n) is 7.19. The van der Waals surface area contributed by atoms with Gasteiger partial charge in [0.05, 0.1) is 4.90 Å². The van der Waals surface area contributed by atoms with Crippen LogP contribution in [0.2, 0.25) is 0 Å². The number of carbonyl (C=O) groups excluding carboxylic acids is 1. The van der Waals surface area contributed by atoms with E-state index >= 15 is 0 Å². The van der Waals surface area contributed by atoms with Gasteiger partial charge in [-0.15, -0.1) is 0 Å². The van der Waals surface area contributed by atoms with Crippen molar-refractivity contribution in [1.82, 2.24) is 9.62 Å². The van der Waals surface area contributed by atoms with Crippen LogP contribution in [0.15, 0.2) is 29.2 Å². The van der Waals surface area contributed by atoms with Crippen LogP contribution in [0, 0.1) is 0 Å². The Morgan fingerprint density at radius 1 is 1.00 bits per heavy atom. The highest BCUT2D eigenvalue weighted by Gasteiger charge is 2.22. The smallest absolute Gasteiger partial charge is 0.240 e. The van der Waals surface area contributed by atoms with Gasteiger partial charge in [0, 0.05) is 25.6 Å². The highest BCUT2D eigenvalue weighted by molar-refractivity contribution is 7.89. The van der Waals surface area contributed by atoms with Crippen molar-refractivity contribution in [2.75, 3.05) is 13.1 Å². The van der Waals surface area contributed by atoms with Crippen LogP contribution < -0.4 is 4.72 Å². The molecule has 1 saturated heterocycles. The highest BCUT2D eigenvalue weighted by atomic mass is 32.2. The monoisotopic (exact) mass is 364 g/mol. The summed E-state index contributed by atoms with van der Waals surface area (Å²) in [6, 6.07) is 7.03. The van der Waals surface area contributed by atoms with Gasteiger partial charge in [-0.25, -0.2) is 13.1 Å². The molecule has 1 amide bonds. The maximum Gasteiger partial charge on any atom is 0.240 e. The summed E-state index contributed by atoms with van der Waals surface area (Å²) in [4.78, 5) is 14.3. The quantitative estimate of drug-likeness (QED) is 0.844. The van der Waals surface area contributed by atoms with Gasteiger partial charge in [0.15, 0.2) is 0 Å². The molecule has 0 aromatic heterocycles. The third-order valence-corrected chi connectivity index (χ3v) is 6.78. The van der Waals surface area contributed by atoms with E-state index in [-0.39, 0.29) is 11.9 Å². The summed E-state index contributed by atoms with van der Waals surface area (Å²) in [7, 11) is -3.45. The van der Waals surface area contributed by atoms with Crippen LogP contribution in [0.1, 0.15) is 56.9 Å². The number of amides is 1. The van der Waals surface area contributed by atoms with Crippen molar-refractivity contribution in [2.24, 2.45) is 0 Å². The maximum absolute atomic E-state index is 12.5. The molecule has 1 aromatic rings. The fraction of sp³-hybridized carbons (Fsp3) is 0.632. The number of rotatable bonds is 6. The number of carbonyl (C=O) groups is 1. The number of hydrogen-bond donors (Lipinski definition) is 1. The lowest BCUT2D eigenvalue weighted by Crippen LogP contribution is -2.36. The molecule has 1 saturated carbocycles. The first-order valence-corrected chi connectivity index (χ1v) is 10.9. The molecule has 5 nitrogen and oxygen atoms in total. The minimum absolute atomic E-state index is 0.0662. The number of nitrogens with one attached hydrogen (secondary N) is 1. The molecule has 3 rings (SSSR count). The van der Waals surface area contributed by atoms with Crippen molar-refractivity contribution in [3.8, 4) is 0 Å². The van der Waals surface area contributed by atoms with Crippen LogP contribution >= 0.6 is 0 Å². The Hall–Kier alpha value is -1.40. The molecule has 0 unspecified atom stereocenters. The average Bonchev–Trinajstić information content (AvgIpc) is 3.15. The summed E-state index contributed by atoms with van der Waals surface area (Å²) in [6.45, 7) is 1.76. The van der Waals surface area contributed by atoms with Gasteiger partial charge in [0.25, 0.3) is 0 Å². The van der Waals surface area contributed by atoms with E-state index in [0.29, 0.717) is 17.7 Å². The summed E-state index contributed by atoms with van der Waals surface area (Å²) in [6.07, 6.45) is 8.60. The van der Waals surface area contributed by atoms with Crippen molar-refractivity contribution in [3.63, 3.8) is 0 Å². The highest BCUT2D eigenvalue weighted by Crippen LogP contribution is 2.20. The average molecular weight is 365 g/mol. The van der Waals surface area contributed by atoms with Gasteiger partial charge in [0.1, 0.15) is 0 Å². The Morgan fingerprint density at radius 3 is 2.28 bits per heavy atom. The second kappa shape index (κ2) is 8.32. The largest absolute Gasteiger partial charge is 0.343 e. The molecular weight excluding hydrogens is 336 g/mol. The van der Waals surface area contributed by atoms with Gasteiger partial charge in [-0.2, -0.15) is 0 Å². The first kappa shape index (κ1) is 18.4. The van der Waals surface area contributed by atoms with Crippen LogP contribution in [0.4, 0.5) is 0 Å². The number of likely N-dealkylation sites (tertiary alicyclic amines) is 1. The third kappa shape index (κ3) is 5.05. The summed E-state index contributed by atoms with van der Waals surface area (Å²) in [5, 5.41) is 0. The Morgan fingerprint density at radius 2 is 1.64 bits per heavy atom. The topological polar surface area (TPSA) is 66.5 Å². The van der Waals surface area contributed by atoms with Gasteiger partial charge in [-0.05, 0) is 49.8 Å². The van der Waals surface area contributed by atoms with E-state index in [1.54, 1.807) is 12.1 Å². The zero-order valence-corrected chi connectivity index (χ0v) is 15.6. The fourth-order valence-corrected chi connectivity index (χ4v) is 5.02. The lowest BCUT2D eigenvalue weighted by molar-refractivity contribution is -0.130. The number of sulfonamides is 1. The fourth-order valence-electron chi connectivity index (χ4n) is 3.72. The summed E-state index contributed by atoms with van der Waals surface area (Å²) in [5.74, 6) is 0.202. The molecular formula is C19H28N2O3S.